The molecule has 110 valence electrons. The molecule has 2 saturated carbocycles. The molecule has 0 aromatic carbocycles. The second-order valence-corrected chi connectivity index (χ2v) is 6.37. The van der Waals surface area contributed by atoms with Gasteiger partial charge in [0.2, 0.25) is 5.91 Å². The van der Waals surface area contributed by atoms with E-state index in [2.05, 4.69) is 5.32 Å². The summed E-state index contributed by atoms with van der Waals surface area (Å²) in [5, 5.41) is 3.07. The second kappa shape index (κ2) is 6.71. The molecule has 0 radical (unpaired) electrons. The van der Waals surface area contributed by atoms with Gasteiger partial charge in [0.15, 0.2) is 0 Å². The van der Waals surface area contributed by atoms with Crippen LogP contribution in [0.3, 0.4) is 0 Å². The first kappa shape index (κ1) is 14.8. The number of rotatable bonds is 5. The summed E-state index contributed by atoms with van der Waals surface area (Å²) in [4.78, 5) is 12.0. The standard InChI is InChI=1S/C15H28N2O2/c1-12(14(18)17-13-7-3-4-8-13)19-11-15(16)9-5-2-6-10-15/h12-13H,2-11,16H2,1H3,(H,17,18). The lowest BCUT2D eigenvalue weighted by atomic mass is 9.83. The minimum Gasteiger partial charge on any atom is -0.367 e. The number of carbonyl (C=O) groups is 1. The van der Waals surface area contributed by atoms with Gasteiger partial charge < -0.3 is 15.8 Å². The summed E-state index contributed by atoms with van der Waals surface area (Å²) >= 11 is 0. The van der Waals surface area contributed by atoms with Crippen LogP contribution in [0.5, 0.6) is 0 Å². The molecule has 4 heteroatoms. The third-order valence-electron chi connectivity index (χ3n) is 4.54. The highest BCUT2D eigenvalue weighted by Gasteiger charge is 2.29. The third-order valence-corrected chi connectivity index (χ3v) is 4.54. The minimum absolute atomic E-state index is 0.0197. The molecule has 3 N–H and O–H groups in total. The van der Waals surface area contributed by atoms with E-state index in [4.69, 9.17) is 10.5 Å². The highest BCUT2D eigenvalue weighted by Crippen LogP contribution is 2.26. The van der Waals surface area contributed by atoms with Crippen LogP contribution in [0.1, 0.15) is 64.7 Å². The van der Waals surface area contributed by atoms with Crippen molar-refractivity contribution in [1.82, 2.24) is 5.32 Å². The van der Waals surface area contributed by atoms with Crippen molar-refractivity contribution >= 4 is 5.91 Å². The van der Waals surface area contributed by atoms with Gasteiger partial charge in [-0.15, -0.1) is 0 Å². The van der Waals surface area contributed by atoms with Crippen LogP contribution in [0.2, 0.25) is 0 Å². The molecule has 0 bridgehead atoms. The van der Waals surface area contributed by atoms with Crippen LogP contribution in [0.15, 0.2) is 0 Å². The summed E-state index contributed by atoms with van der Waals surface area (Å²) < 4.78 is 5.72. The molecular formula is C15H28N2O2. The van der Waals surface area contributed by atoms with E-state index >= 15 is 0 Å². The van der Waals surface area contributed by atoms with Gasteiger partial charge in [0, 0.05) is 11.6 Å². The van der Waals surface area contributed by atoms with Crippen molar-refractivity contribution in [2.24, 2.45) is 5.73 Å². The molecule has 2 aliphatic rings. The van der Waals surface area contributed by atoms with Crippen molar-refractivity contribution in [3.05, 3.63) is 0 Å². The topological polar surface area (TPSA) is 64.3 Å². The van der Waals surface area contributed by atoms with Gasteiger partial charge >= 0.3 is 0 Å². The summed E-state index contributed by atoms with van der Waals surface area (Å²) in [7, 11) is 0. The molecule has 1 unspecified atom stereocenters. The molecule has 1 amide bonds. The first-order valence-corrected chi connectivity index (χ1v) is 7.80. The summed E-state index contributed by atoms with van der Waals surface area (Å²) in [6, 6.07) is 0.361. The molecule has 0 aromatic rings. The Labute approximate surface area is 116 Å². The lowest BCUT2D eigenvalue weighted by Crippen LogP contribution is -2.48. The SMILES string of the molecule is CC(OCC1(N)CCCCC1)C(=O)NC1CCCC1. The van der Waals surface area contributed by atoms with E-state index in [-0.39, 0.29) is 17.6 Å². The fraction of sp³-hybridized carbons (Fsp3) is 0.933. The fourth-order valence-corrected chi connectivity index (χ4v) is 3.16. The maximum Gasteiger partial charge on any atom is 0.249 e. The number of nitrogens with two attached hydrogens (primary N) is 1. The maximum absolute atomic E-state index is 12.0. The van der Waals surface area contributed by atoms with E-state index in [0.717, 1.165) is 25.7 Å². The van der Waals surface area contributed by atoms with E-state index in [1.807, 2.05) is 6.92 Å². The Morgan fingerprint density at radius 1 is 1.26 bits per heavy atom. The largest absolute Gasteiger partial charge is 0.367 e. The molecular weight excluding hydrogens is 240 g/mol. The first-order chi connectivity index (χ1) is 9.09. The van der Waals surface area contributed by atoms with E-state index < -0.39 is 0 Å². The van der Waals surface area contributed by atoms with Crippen molar-refractivity contribution in [2.45, 2.75) is 82.4 Å². The van der Waals surface area contributed by atoms with Crippen LogP contribution >= 0.6 is 0 Å². The molecule has 2 rings (SSSR count). The van der Waals surface area contributed by atoms with Crippen LogP contribution in [0.4, 0.5) is 0 Å². The maximum atomic E-state index is 12.0. The predicted octanol–water partition coefficient (Wildman–Crippen LogP) is 2.11. The smallest absolute Gasteiger partial charge is 0.249 e. The van der Waals surface area contributed by atoms with Crippen molar-refractivity contribution in [3.63, 3.8) is 0 Å². The number of ether oxygens (including phenoxy) is 1. The molecule has 1 atom stereocenters. The van der Waals surface area contributed by atoms with Gasteiger partial charge in [-0.05, 0) is 32.6 Å². The van der Waals surface area contributed by atoms with Crippen molar-refractivity contribution in [1.29, 1.82) is 0 Å². The van der Waals surface area contributed by atoms with Gasteiger partial charge in [0.25, 0.3) is 0 Å². The fourth-order valence-electron chi connectivity index (χ4n) is 3.16. The molecule has 0 aliphatic heterocycles. The number of carbonyl (C=O) groups excluding carboxylic acids is 1. The Balaban J connectivity index is 1.70. The van der Waals surface area contributed by atoms with Crippen molar-refractivity contribution in [2.75, 3.05) is 6.61 Å². The van der Waals surface area contributed by atoms with Crippen LogP contribution in [-0.2, 0) is 9.53 Å². The predicted molar refractivity (Wildman–Crippen MR) is 75.8 cm³/mol. The number of amides is 1. The minimum atomic E-state index is -0.386. The Morgan fingerprint density at radius 2 is 1.89 bits per heavy atom. The molecule has 2 fully saturated rings. The van der Waals surface area contributed by atoms with Crippen molar-refractivity contribution in [3.8, 4) is 0 Å². The highest BCUT2D eigenvalue weighted by molar-refractivity contribution is 5.80. The normalized spacial score (nSPS) is 25.2. The first-order valence-electron chi connectivity index (χ1n) is 7.80. The molecule has 4 nitrogen and oxygen atoms in total. The molecule has 19 heavy (non-hydrogen) atoms. The number of hydrogen-bond acceptors (Lipinski definition) is 3. The van der Waals surface area contributed by atoms with E-state index in [1.165, 1.54) is 32.1 Å². The highest BCUT2D eigenvalue weighted by atomic mass is 16.5. The molecule has 0 spiro atoms. The van der Waals surface area contributed by atoms with Crippen molar-refractivity contribution < 1.29 is 9.53 Å². The summed E-state index contributed by atoms with van der Waals surface area (Å²) in [6.45, 7) is 2.34. The lowest BCUT2D eigenvalue weighted by Gasteiger charge is -2.34. The van der Waals surface area contributed by atoms with Gasteiger partial charge in [0.1, 0.15) is 6.10 Å². The van der Waals surface area contributed by atoms with E-state index in [9.17, 15) is 4.79 Å². The number of nitrogens with one attached hydrogen (secondary N) is 1. The van der Waals surface area contributed by atoms with Crippen LogP contribution < -0.4 is 11.1 Å². The lowest BCUT2D eigenvalue weighted by molar-refractivity contribution is -0.133. The van der Waals surface area contributed by atoms with Gasteiger partial charge in [-0.2, -0.15) is 0 Å². The van der Waals surface area contributed by atoms with Gasteiger partial charge in [-0.25, -0.2) is 0 Å². The molecule has 0 aromatic heterocycles. The molecule has 0 saturated heterocycles. The second-order valence-electron chi connectivity index (χ2n) is 6.37. The molecule has 2 aliphatic carbocycles. The zero-order valence-electron chi connectivity index (χ0n) is 12.1. The van der Waals surface area contributed by atoms with Gasteiger partial charge in [-0.1, -0.05) is 32.1 Å². The van der Waals surface area contributed by atoms with Gasteiger partial charge in [0.05, 0.1) is 6.61 Å². The van der Waals surface area contributed by atoms with Crippen LogP contribution in [-0.4, -0.2) is 30.2 Å². The average molecular weight is 268 g/mol. The Hall–Kier alpha value is -0.610. The Bertz CT molecular complexity index is 295. The summed E-state index contributed by atoms with van der Waals surface area (Å²) in [6.07, 6.45) is 9.97. The average Bonchev–Trinajstić information content (AvgIpc) is 2.90. The monoisotopic (exact) mass is 268 g/mol. The zero-order valence-corrected chi connectivity index (χ0v) is 12.1. The van der Waals surface area contributed by atoms with Crippen LogP contribution in [0, 0.1) is 0 Å². The van der Waals surface area contributed by atoms with E-state index in [0.29, 0.717) is 12.6 Å². The summed E-state index contributed by atoms with van der Waals surface area (Å²) in [5.41, 5.74) is 6.11. The third kappa shape index (κ3) is 4.46. The van der Waals surface area contributed by atoms with Gasteiger partial charge in [-0.3, -0.25) is 4.79 Å². The zero-order chi connectivity index (χ0) is 13.7. The van der Waals surface area contributed by atoms with E-state index in [1.54, 1.807) is 0 Å². The summed E-state index contributed by atoms with van der Waals surface area (Å²) in [5.74, 6) is 0.0197. The number of hydrogen-bond donors (Lipinski definition) is 2. The Morgan fingerprint density at radius 3 is 2.53 bits per heavy atom. The molecule has 0 heterocycles. The quantitative estimate of drug-likeness (QED) is 0.802. The Kier molecular flexibility index (Phi) is 5.22. The van der Waals surface area contributed by atoms with Crippen LogP contribution in [0.25, 0.3) is 0 Å².